The number of hydrogen-bond acceptors (Lipinski definition) is 4. The fourth-order valence-corrected chi connectivity index (χ4v) is 3.51. The van der Waals surface area contributed by atoms with E-state index < -0.39 is 0 Å². The molecule has 0 aromatic heterocycles. The fraction of sp³-hybridized carbons (Fsp3) is 0.458. The van der Waals surface area contributed by atoms with Crippen molar-refractivity contribution < 1.29 is 14.3 Å². The van der Waals surface area contributed by atoms with E-state index in [1.165, 1.54) is 5.56 Å². The van der Waals surface area contributed by atoms with Crippen LogP contribution in [0.2, 0.25) is 0 Å². The molecule has 2 aromatic rings. The number of urea groups is 1. The van der Waals surface area contributed by atoms with Gasteiger partial charge in [0.2, 0.25) is 0 Å². The molecule has 0 aliphatic carbocycles. The van der Waals surface area contributed by atoms with Crippen molar-refractivity contribution in [2.45, 2.75) is 40.0 Å². The predicted molar refractivity (Wildman–Crippen MR) is 119 cm³/mol. The minimum Gasteiger partial charge on any atom is -0.486 e. The van der Waals surface area contributed by atoms with Crippen molar-refractivity contribution in [2.75, 3.05) is 32.8 Å². The molecule has 30 heavy (non-hydrogen) atoms. The molecule has 1 atom stereocenters. The molecule has 6 nitrogen and oxygen atoms in total. The average Bonchev–Trinajstić information content (AvgIpc) is 2.80. The molecule has 0 bridgehead atoms. The van der Waals surface area contributed by atoms with E-state index >= 15 is 0 Å². The number of nitrogens with one attached hydrogen (secondary N) is 1. The fourth-order valence-electron chi connectivity index (χ4n) is 3.51. The number of rotatable bonds is 9. The Morgan fingerprint density at radius 1 is 0.967 bits per heavy atom. The third-order valence-electron chi connectivity index (χ3n) is 5.43. The first-order valence-corrected chi connectivity index (χ1v) is 10.8. The zero-order chi connectivity index (χ0) is 21.3. The maximum atomic E-state index is 12.7. The monoisotopic (exact) mass is 411 g/mol. The van der Waals surface area contributed by atoms with Crippen molar-refractivity contribution >= 4 is 6.03 Å². The lowest BCUT2D eigenvalue weighted by molar-refractivity contribution is 0.0675. The summed E-state index contributed by atoms with van der Waals surface area (Å²) in [6.45, 7) is 11.4. The zero-order valence-electron chi connectivity index (χ0n) is 18.3. The minimum atomic E-state index is -0.176. The molecule has 0 radical (unpaired) electrons. The third kappa shape index (κ3) is 5.89. The summed E-state index contributed by atoms with van der Waals surface area (Å²) in [6.07, 6.45) is -0.176. The summed E-state index contributed by atoms with van der Waals surface area (Å²) < 4.78 is 11.7. The molecule has 0 fully saturated rings. The smallest absolute Gasteiger partial charge is 0.317 e. The molecule has 1 N–H and O–H groups in total. The van der Waals surface area contributed by atoms with E-state index in [9.17, 15) is 4.79 Å². The Hall–Kier alpha value is -2.73. The molecule has 3 rings (SSSR count). The molecule has 1 aliphatic rings. The molecule has 0 saturated heterocycles. The van der Waals surface area contributed by atoms with Crippen molar-refractivity contribution in [1.82, 2.24) is 15.1 Å². The number of nitrogens with zero attached hydrogens (tertiary/aromatic N) is 2. The van der Waals surface area contributed by atoms with Crippen LogP contribution in [0.3, 0.4) is 0 Å². The largest absolute Gasteiger partial charge is 0.486 e. The van der Waals surface area contributed by atoms with Crippen LogP contribution >= 0.6 is 0 Å². The lowest BCUT2D eigenvalue weighted by Gasteiger charge is -2.31. The van der Waals surface area contributed by atoms with Crippen molar-refractivity contribution in [3.63, 3.8) is 0 Å². The van der Waals surface area contributed by atoms with Crippen LogP contribution in [0.25, 0.3) is 0 Å². The second-order valence-corrected chi connectivity index (χ2v) is 7.47. The molecular formula is C24H33N3O3. The van der Waals surface area contributed by atoms with Crippen LogP contribution < -0.4 is 14.8 Å². The van der Waals surface area contributed by atoms with E-state index in [1.54, 1.807) is 4.90 Å². The summed E-state index contributed by atoms with van der Waals surface area (Å²) in [4.78, 5) is 16.8. The highest BCUT2D eigenvalue weighted by molar-refractivity contribution is 5.74. The highest BCUT2D eigenvalue weighted by Gasteiger charge is 2.24. The quantitative estimate of drug-likeness (QED) is 0.680. The summed E-state index contributed by atoms with van der Waals surface area (Å²) >= 11 is 0. The number of carbonyl (C=O) groups is 1. The predicted octanol–water partition coefficient (Wildman–Crippen LogP) is 3.90. The highest BCUT2D eigenvalue weighted by atomic mass is 16.6. The molecule has 6 heteroatoms. The molecule has 1 unspecified atom stereocenters. The van der Waals surface area contributed by atoms with Gasteiger partial charge in [-0.15, -0.1) is 0 Å². The van der Waals surface area contributed by atoms with E-state index in [4.69, 9.17) is 9.47 Å². The SMILES string of the molecule is CCN(CC)Cc1ccc(CNC(=O)N(CC)CC2COc3ccccc3O2)cc1. The number of benzene rings is 2. The van der Waals surface area contributed by atoms with E-state index in [1.807, 2.05) is 31.2 Å². The first-order chi connectivity index (χ1) is 14.6. The number of likely N-dealkylation sites (N-methyl/N-ethyl adjacent to an activating group) is 1. The topological polar surface area (TPSA) is 54.0 Å². The van der Waals surface area contributed by atoms with Crippen LogP contribution in [-0.4, -0.2) is 54.7 Å². The number of carbonyl (C=O) groups excluding carboxylic acids is 1. The van der Waals surface area contributed by atoms with Gasteiger partial charge in [0.25, 0.3) is 0 Å². The number of hydrogen-bond donors (Lipinski definition) is 1. The summed E-state index contributed by atoms with van der Waals surface area (Å²) in [5, 5.41) is 3.02. The van der Waals surface area contributed by atoms with Gasteiger partial charge in [0.05, 0.1) is 6.54 Å². The normalized spacial score (nSPS) is 15.1. The Kier molecular flexibility index (Phi) is 7.97. The molecule has 1 aliphatic heterocycles. The van der Waals surface area contributed by atoms with Crippen molar-refractivity contribution in [3.8, 4) is 11.5 Å². The minimum absolute atomic E-state index is 0.0906. The van der Waals surface area contributed by atoms with Gasteiger partial charge in [0.1, 0.15) is 6.61 Å². The Balaban J connectivity index is 1.48. The van der Waals surface area contributed by atoms with Crippen LogP contribution in [0.5, 0.6) is 11.5 Å². The molecular weight excluding hydrogens is 378 g/mol. The van der Waals surface area contributed by atoms with Gasteiger partial charge in [0.15, 0.2) is 17.6 Å². The van der Waals surface area contributed by atoms with E-state index in [2.05, 4.69) is 48.3 Å². The summed E-state index contributed by atoms with van der Waals surface area (Å²) in [5.74, 6) is 1.49. The summed E-state index contributed by atoms with van der Waals surface area (Å²) in [6, 6.07) is 16.0. The number of amides is 2. The molecule has 162 valence electrons. The molecule has 1 heterocycles. The van der Waals surface area contributed by atoms with Gasteiger partial charge < -0.3 is 19.7 Å². The number of fused-ring (bicyclic) bond motifs is 1. The molecule has 0 spiro atoms. The van der Waals surface area contributed by atoms with Gasteiger partial charge in [-0.05, 0) is 43.3 Å². The van der Waals surface area contributed by atoms with Gasteiger partial charge in [0, 0.05) is 19.6 Å². The Labute approximate surface area is 179 Å². The Morgan fingerprint density at radius 3 is 2.30 bits per heavy atom. The second-order valence-electron chi connectivity index (χ2n) is 7.47. The van der Waals surface area contributed by atoms with Crippen LogP contribution in [0, 0.1) is 0 Å². The Morgan fingerprint density at radius 2 is 1.63 bits per heavy atom. The van der Waals surface area contributed by atoms with Crippen molar-refractivity contribution in [3.05, 3.63) is 59.7 Å². The second kappa shape index (κ2) is 10.9. The molecule has 0 saturated carbocycles. The van der Waals surface area contributed by atoms with E-state index in [0.29, 0.717) is 26.2 Å². The lowest BCUT2D eigenvalue weighted by atomic mass is 10.1. The van der Waals surface area contributed by atoms with E-state index in [-0.39, 0.29) is 12.1 Å². The van der Waals surface area contributed by atoms with Gasteiger partial charge in [-0.25, -0.2) is 4.79 Å². The van der Waals surface area contributed by atoms with Gasteiger partial charge in [-0.3, -0.25) is 4.90 Å². The molecule has 2 amide bonds. The van der Waals surface area contributed by atoms with Crippen LogP contribution in [0.1, 0.15) is 31.9 Å². The molecule has 2 aromatic carbocycles. The third-order valence-corrected chi connectivity index (χ3v) is 5.43. The first kappa shape index (κ1) is 22.0. The number of para-hydroxylation sites is 2. The number of ether oxygens (including phenoxy) is 2. The zero-order valence-corrected chi connectivity index (χ0v) is 18.3. The van der Waals surface area contributed by atoms with Gasteiger partial charge in [-0.1, -0.05) is 50.2 Å². The highest BCUT2D eigenvalue weighted by Crippen LogP contribution is 2.31. The van der Waals surface area contributed by atoms with Crippen LogP contribution in [0.4, 0.5) is 4.79 Å². The van der Waals surface area contributed by atoms with Gasteiger partial charge in [-0.2, -0.15) is 0 Å². The maximum absolute atomic E-state index is 12.7. The van der Waals surface area contributed by atoms with Crippen molar-refractivity contribution in [1.29, 1.82) is 0 Å². The summed E-state index contributed by atoms with van der Waals surface area (Å²) in [7, 11) is 0. The van der Waals surface area contributed by atoms with Crippen molar-refractivity contribution in [2.24, 2.45) is 0 Å². The van der Waals surface area contributed by atoms with E-state index in [0.717, 1.165) is 36.7 Å². The first-order valence-electron chi connectivity index (χ1n) is 10.8. The van der Waals surface area contributed by atoms with Gasteiger partial charge >= 0.3 is 6.03 Å². The lowest BCUT2D eigenvalue weighted by Crippen LogP contribution is -2.47. The van der Waals surface area contributed by atoms with Crippen LogP contribution in [0.15, 0.2) is 48.5 Å². The standard InChI is InChI=1S/C24H33N3O3/c1-4-26(5-2)16-20-13-11-19(12-14-20)15-25-24(28)27(6-3)17-21-18-29-22-9-7-8-10-23(22)30-21/h7-14,21H,4-6,15-18H2,1-3H3,(H,25,28). The summed E-state index contributed by atoms with van der Waals surface area (Å²) in [5.41, 5.74) is 2.38. The average molecular weight is 412 g/mol. The Bertz CT molecular complexity index is 806. The maximum Gasteiger partial charge on any atom is 0.317 e. The van der Waals surface area contributed by atoms with Crippen LogP contribution in [-0.2, 0) is 13.1 Å².